The van der Waals surface area contributed by atoms with Crippen LogP contribution >= 0.6 is 0 Å². The zero-order chi connectivity index (χ0) is 20.5. The van der Waals surface area contributed by atoms with Gasteiger partial charge in [-0.25, -0.2) is 0 Å². The van der Waals surface area contributed by atoms with Crippen molar-refractivity contribution >= 4 is 11.5 Å². The Morgan fingerprint density at radius 2 is 1.83 bits per heavy atom. The van der Waals surface area contributed by atoms with Crippen LogP contribution in [0.15, 0.2) is 16.7 Å². The second-order valence-corrected chi connectivity index (χ2v) is 8.40. The summed E-state index contributed by atoms with van der Waals surface area (Å²) in [5, 5.41) is 17.7. The molecule has 160 valence electrons. The Labute approximate surface area is 175 Å². The highest BCUT2D eigenvalue weighted by molar-refractivity contribution is 5.45. The van der Waals surface area contributed by atoms with Gasteiger partial charge in [0.1, 0.15) is 5.82 Å². The van der Waals surface area contributed by atoms with Crippen LogP contribution in [-0.4, -0.2) is 75.3 Å². The van der Waals surface area contributed by atoms with Gasteiger partial charge < -0.3 is 14.2 Å². The van der Waals surface area contributed by atoms with Crippen molar-refractivity contribution in [1.29, 1.82) is 0 Å². The molecule has 0 aliphatic carbocycles. The Bertz CT molecular complexity index is 986. The van der Waals surface area contributed by atoms with Crippen molar-refractivity contribution in [3.63, 3.8) is 0 Å². The van der Waals surface area contributed by atoms with Gasteiger partial charge in [-0.2, -0.15) is 9.50 Å². The van der Waals surface area contributed by atoms with E-state index in [9.17, 15) is 0 Å². The molecule has 3 aromatic heterocycles. The van der Waals surface area contributed by atoms with Crippen molar-refractivity contribution in [3.05, 3.63) is 29.7 Å². The number of likely N-dealkylation sites (tertiary alicyclic amines) is 1. The lowest BCUT2D eigenvalue weighted by Gasteiger charge is -2.30. The van der Waals surface area contributed by atoms with Crippen molar-refractivity contribution in [2.24, 2.45) is 0 Å². The normalized spacial score (nSPS) is 19.5. The monoisotopic (exact) mass is 412 g/mol. The molecule has 0 atom stereocenters. The predicted molar refractivity (Wildman–Crippen MR) is 109 cm³/mol. The summed E-state index contributed by atoms with van der Waals surface area (Å²) in [6.45, 7) is 4.21. The average Bonchev–Trinajstić information content (AvgIpc) is 3.42. The smallest absolute Gasteiger partial charge is 0.229 e. The van der Waals surface area contributed by atoms with Crippen molar-refractivity contribution in [2.75, 3.05) is 45.3 Å². The lowest BCUT2D eigenvalue weighted by molar-refractivity contribution is 0.0778. The van der Waals surface area contributed by atoms with Crippen molar-refractivity contribution in [1.82, 2.24) is 34.9 Å². The SMILES string of the molecule is CN(C)c1ccc2nnc(C3CCN(Cc4noc(C5CCOCC5)n4)CC3)n2n1. The lowest BCUT2D eigenvalue weighted by atomic mass is 9.96. The highest BCUT2D eigenvalue weighted by Crippen LogP contribution is 2.29. The molecular formula is C20H28N8O2. The van der Waals surface area contributed by atoms with Crippen molar-refractivity contribution < 1.29 is 9.26 Å². The van der Waals surface area contributed by atoms with Gasteiger partial charge in [-0.3, -0.25) is 4.90 Å². The molecule has 10 nitrogen and oxygen atoms in total. The van der Waals surface area contributed by atoms with E-state index in [1.165, 1.54) is 0 Å². The van der Waals surface area contributed by atoms with Crippen LogP contribution in [0.2, 0.25) is 0 Å². The van der Waals surface area contributed by atoms with Gasteiger partial charge in [0.25, 0.3) is 0 Å². The summed E-state index contributed by atoms with van der Waals surface area (Å²) < 4.78 is 12.8. The zero-order valence-electron chi connectivity index (χ0n) is 17.6. The average molecular weight is 412 g/mol. The van der Waals surface area contributed by atoms with Crippen LogP contribution in [0, 0.1) is 0 Å². The minimum atomic E-state index is 0.339. The number of hydrogen-bond acceptors (Lipinski definition) is 9. The fourth-order valence-corrected chi connectivity index (χ4v) is 4.28. The highest BCUT2D eigenvalue weighted by atomic mass is 16.5. The molecule has 5 heterocycles. The Kier molecular flexibility index (Phi) is 5.34. The summed E-state index contributed by atoms with van der Waals surface area (Å²) in [5.41, 5.74) is 0.797. The van der Waals surface area contributed by atoms with Gasteiger partial charge in [-0.05, 0) is 50.9 Å². The first kappa shape index (κ1) is 19.4. The van der Waals surface area contributed by atoms with Gasteiger partial charge in [0.2, 0.25) is 5.89 Å². The Hall–Kier alpha value is -2.59. The van der Waals surface area contributed by atoms with E-state index < -0.39 is 0 Å². The molecule has 0 bridgehead atoms. The third-order valence-corrected chi connectivity index (χ3v) is 6.10. The van der Waals surface area contributed by atoms with Crippen LogP contribution in [-0.2, 0) is 11.3 Å². The summed E-state index contributed by atoms with van der Waals surface area (Å²) in [7, 11) is 3.98. The van der Waals surface area contributed by atoms with Crippen LogP contribution in [0.3, 0.4) is 0 Å². The lowest BCUT2D eigenvalue weighted by Crippen LogP contribution is -2.33. The fraction of sp³-hybridized carbons (Fsp3) is 0.650. The molecule has 0 saturated carbocycles. The summed E-state index contributed by atoms with van der Waals surface area (Å²) >= 11 is 0. The number of aromatic nitrogens is 6. The predicted octanol–water partition coefficient (Wildman–Crippen LogP) is 1.85. The first-order valence-corrected chi connectivity index (χ1v) is 10.7. The molecule has 2 fully saturated rings. The maximum absolute atomic E-state index is 5.53. The highest BCUT2D eigenvalue weighted by Gasteiger charge is 2.27. The standard InChI is InChI=1S/C20H28N8O2/c1-26(2)18-4-3-17-22-23-19(28(17)24-18)14-5-9-27(10-6-14)13-16-21-20(30-25-16)15-7-11-29-12-8-15/h3-4,14-15H,5-13H2,1-2H3. The van der Waals surface area contributed by atoms with Gasteiger partial charge in [0.05, 0.1) is 6.54 Å². The van der Waals surface area contributed by atoms with Crippen LogP contribution in [0.25, 0.3) is 5.65 Å². The number of ether oxygens (including phenoxy) is 1. The molecule has 0 unspecified atom stereocenters. The third kappa shape index (κ3) is 3.89. The second-order valence-electron chi connectivity index (χ2n) is 8.40. The topological polar surface area (TPSA) is 97.7 Å². The molecule has 30 heavy (non-hydrogen) atoms. The van der Waals surface area contributed by atoms with Gasteiger partial charge in [-0.1, -0.05) is 5.16 Å². The number of anilines is 1. The van der Waals surface area contributed by atoms with Crippen LogP contribution in [0.4, 0.5) is 5.82 Å². The Morgan fingerprint density at radius 3 is 2.60 bits per heavy atom. The van der Waals surface area contributed by atoms with E-state index in [-0.39, 0.29) is 0 Å². The van der Waals surface area contributed by atoms with E-state index in [1.54, 1.807) is 0 Å². The van der Waals surface area contributed by atoms with Gasteiger partial charge in [-0.15, -0.1) is 15.3 Å². The molecule has 2 aliphatic rings. The molecular weight excluding hydrogens is 384 g/mol. The molecule has 0 amide bonds. The minimum Gasteiger partial charge on any atom is -0.381 e. The van der Waals surface area contributed by atoms with E-state index in [4.69, 9.17) is 14.4 Å². The van der Waals surface area contributed by atoms with Crippen molar-refractivity contribution in [2.45, 2.75) is 44.1 Å². The largest absolute Gasteiger partial charge is 0.381 e. The molecule has 2 saturated heterocycles. The maximum atomic E-state index is 5.53. The van der Waals surface area contributed by atoms with Gasteiger partial charge in [0.15, 0.2) is 17.3 Å². The maximum Gasteiger partial charge on any atom is 0.229 e. The summed E-state index contributed by atoms with van der Waals surface area (Å²) in [6, 6.07) is 3.94. The number of rotatable bonds is 5. The van der Waals surface area contributed by atoms with E-state index in [0.717, 1.165) is 87.5 Å². The molecule has 10 heteroatoms. The number of fused-ring (bicyclic) bond motifs is 1. The van der Waals surface area contributed by atoms with E-state index in [0.29, 0.717) is 11.8 Å². The van der Waals surface area contributed by atoms with Crippen LogP contribution in [0.1, 0.15) is 55.1 Å². The second kappa shape index (κ2) is 8.27. The van der Waals surface area contributed by atoms with E-state index >= 15 is 0 Å². The first-order valence-electron chi connectivity index (χ1n) is 10.7. The zero-order valence-corrected chi connectivity index (χ0v) is 17.6. The minimum absolute atomic E-state index is 0.339. The quantitative estimate of drug-likeness (QED) is 0.622. The number of nitrogens with zero attached hydrogens (tertiary/aromatic N) is 8. The van der Waals surface area contributed by atoms with Crippen LogP contribution < -0.4 is 4.90 Å². The number of piperidine rings is 1. The Morgan fingerprint density at radius 1 is 1.03 bits per heavy atom. The molecule has 0 N–H and O–H groups in total. The summed E-state index contributed by atoms with van der Waals surface area (Å²) in [5.74, 6) is 4.09. The van der Waals surface area contributed by atoms with Crippen molar-refractivity contribution in [3.8, 4) is 0 Å². The van der Waals surface area contributed by atoms with Gasteiger partial charge in [0, 0.05) is 39.1 Å². The molecule has 0 spiro atoms. The molecule has 3 aromatic rings. The number of hydrogen-bond donors (Lipinski definition) is 0. The van der Waals surface area contributed by atoms with E-state index in [1.807, 2.05) is 35.6 Å². The fourth-order valence-electron chi connectivity index (χ4n) is 4.28. The molecule has 2 aliphatic heterocycles. The van der Waals surface area contributed by atoms with Gasteiger partial charge >= 0.3 is 0 Å². The Balaban J connectivity index is 1.21. The third-order valence-electron chi connectivity index (χ3n) is 6.10. The summed E-state index contributed by atoms with van der Waals surface area (Å²) in [6.07, 6.45) is 3.95. The summed E-state index contributed by atoms with van der Waals surface area (Å²) in [4.78, 5) is 9.03. The van der Waals surface area contributed by atoms with Crippen LogP contribution in [0.5, 0.6) is 0 Å². The molecule has 0 aromatic carbocycles. The first-order chi connectivity index (χ1) is 14.7. The molecule has 5 rings (SSSR count). The van der Waals surface area contributed by atoms with E-state index in [2.05, 4.69) is 25.2 Å². The molecule has 0 radical (unpaired) electrons.